The number of halogens is 2. The number of benzene rings is 2. The average molecular weight is 370 g/mol. The number of aryl methyl sites for hydroxylation is 2. The molecule has 0 radical (unpaired) electrons. The molecule has 0 heterocycles. The van der Waals surface area contributed by atoms with Crippen LogP contribution in [0.4, 0.5) is 0 Å². The Morgan fingerprint density at radius 1 is 1.08 bits per heavy atom. The van der Waals surface area contributed by atoms with E-state index in [4.69, 9.17) is 16.3 Å². The standard InChI is InChI=1S/C19H24ClNO2.ClH/c1-13-5-4-6-14(2)19(13)23-12-18(22)11-21-15(3)16-7-9-17(20)10-8-16;/h4-10,15,18,21-22H,11-12H2,1-3H3;1H. The third-order valence-electron chi connectivity index (χ3n) is 3.86. The third kappa shape index (κ3) is 5.99. The Morgan fingerprint density at radius 2 is 1.67 bits per heavy atom. The number of aliphatic hydroxyl groups is 1. The van der Waals surface area contributed by atoms with E-state index >= 15 is 0 Å². The van der Waals surface area contributed by atoms with Crippen LogP contribution in [0.1, 0.15) is 29.7 Å². The Labute approximate surface area is 155 Å². The summed E-state index contributed by atoms with van der Waals surface area (Å²) < 4.78 is 5.78. The highest BCUT2D eigenvalue weighted by atomic mass is 35.5. The molecular formula is C19H25Cl2NO2. The van der Waals surface area contributed by atoms with Crippen LogP contribution in [0, 0.1) is 13.8 Å². The molecule has 2 unspecified atom stereocenters. The highest BCUT2D eigenvalue weighted by molar-refractivity contribution is 6.30. The molecule has 132 valence electrons. The summed E-state index contributed by atoms with van der Waals surface area (Å²) in [5.41, 5.74) is 3.30. The van der Waals surface area contributed by atoms with E-state index in [1.54, 1.807) is 0 Å². The second kappa shape index (κ2) is 9.90. The molecule has 0 saturated carbocycles. The minimum atomic E-state index is -0.566. The number of hydrogen-bond acceptors (Lipinski definition) is 3. The highest BCUT2D eigenvalue weighted by Crippen LogP contribution is 2.22. The molecule has 0 aliphatic heterocycles. The van der Waals surface area contributed by atoms with Gasteiger partial charge in [-0.15, -0.1) is 12.4 Å². The van der Waals surface area contributed by atoms with E-state index in [2.05, 4.69) is 12.2 Å². The quantitative estimate of drug-likeness (QED) is 0.756. The van der Waals surface area contributed by atoms with Gasteiger partial charge in [-0.05, 0) is 49.6 Å². The number of aliphatic hydroxyl groups excluding tert-OH is 1. The van der Waals surface area contributed by atoms with Gasteiger partial charge in [0.25, 0.3) is 0 Å². The van der Waals surface area contributed by atoms with Crippen LogP contribution in [0.25, 0.3) is 0 Å². The molecule has 0 aliphatic carbocycles. The van der Waals surface area contributed by atoms with Crippen molar-refractivity contribution in [2.75, 3.05) is 13.2 Å². The zero-order valence-corrected chi connectivity index (χ0v) is 15.8. The van der Waals surface area contributed by atoms with E-state index in [-0.39, 0.29) is 25.1 Å². The second-order valence-electron chi connectivity index (χ2n) is 5.87. The van der Waals surface area contributed by atoms with Crippen molar-refractivity contribution < 1.29 is 9.84 Å². The smallest absolute Gasteiger partial charge is 0.125 e. The van der Waals surface area contributed by atoms with Crippen molar-refractivity contribution in [2.24, 2.45) is 0 Å². The molecule has 2 aromatic carbocycles. The predicted molar refractivity (Wildman–Crippen MR) is 103 cm³/mol. The van der Waals surface area contributed by atoms with Gasteiger partial charge in [-0.2, -0.15) is 0 Å². The van der Waals surface area contributed by atoms with Gasteiger partial charge in [0.1, 0.15) is 18.5 Å². The molecule has 5 heteroatoms. The molecule has 0 aliphatic rings. The first kappa shape index (κ1) is 20.8. The average Bonchev–Trinajstić information content (AvgIpc) is 2.53. The van der Waals surface area contributed by atoms with Crippen LogP contribution in [0.2, 0.25) is 5.02 Å². The van der Waals surface area contributed by atoms with Crippen molar-refractivity contribution in [1.29, 1.82) is 0 Å². The molecule has 2 N–H and O–H groups in total. The molecule has 0 aromatic heterocycles. The SMILES string of the molecule is Cc1cccc(C)c1OCC(O)CNC(C)c1ccc(Cl)cc1.Cl. The molecule has 0 saturated heterocycles. The molecule has 2 aromatic rings. The monoisotopic (exact) mass is 369 g/mol. The summed E-state index contributed by atoms with van der Waals surface area (Å²) in [6.45, 7) is 6.81. The Kier molecular flexibility index (Phi) is 8.57. The van der Waals surface area contributed by atoms with Gasteiger partial charge in [-0.3, -0.25) is 0 Å². The van der Waals surface area contributed by atoms with Crippen molar-refractivity contribution in [3.05, 3.63) is 64.2 Å². The van der Waals surface area contributed by atoms with Crippen molar-refractivity contribution >= 4 is 24.0 Å². The van der Waals surface area contributed by atoms with Gasteiger partial charge in [0.05, 0.1) is 0 Å². The van der Waals surface area contributed by atoms with Crippen LogP contribution in [0.3, 0.4) is 0 Å². The Morgan fingerprint density at radius 3 is 2.25 bits per heavy atom. The van der Waals surface area contributed by atoms with Crippen LogP contribution < -0.4 is 10.1 Å². The first-order valence-electron chi connectivity index (χ1n) is 7.83. The summed E-state index contributed by atoms with van der Waals surface area (Å²) in [4.78, 5) is 0. The summed E-state index contributed by atoms with van der Waals surface area (Å²) >= 11 is 5.89. The van der Waals surface area contributed by atoms with E-state index in [1.807, 2.05) is 56.3 Å². The van der Waals surface area contributed by atoms with Crippen LogP contribution in [-0.2, 0) is 0 Å². The fourth-order valence-electron chi connectivity index (χ4n) is 2.45. The first-order valence-corrected chi connectivity index (χ1v) is 8.21. The summed E-state index contributed by atoms with van der Waals surface area (Å²) in [5, 5.41) is 14.2. The minimum absolute atomic E-state index is 0. The Hall–Kier alpha value is -1.26. The maximum absolute atomic E-state index is 10.1. The summed E-state index contributed by atoms with van der Waals surface area (Å²) in [6, 6.07) is 13.9. The first-order chi connectivity index (χ1) is 11.0. The molecule has 0 spiro atoms. The number of para-hydroxylation sites is 1. The zero-order valence-electron chi connectivity index (χ0n) is 14.3. The molecule has 24 heavy (non-hydrogen) atoms. The van der Waals surface area contributed by atoms with Crippen molar-refractivity contribution in [3.8, 4) is 5.75 Å². The van der Waals surface area contributed by atoms with Crippen molar-refractivity contribution in [3.63, 3.8) is 0 Å². The minimum Gasteiger partial charge on any atom is -0.490 e. The highest BCUT2D eigenvalue weighted by Gasteiger charge is 2.11. The molecular weight excluding hydrogens is 345 g/mol. The molecule has 2 atom stereocenters. The fraction of sp³-hybridized carbons (Fsp3) is 0.368. The van der Waals surface area contributed by atoms with E-state index in [9.17, 15) is 5.11 Å². The number of rotatable bonds is 7. The maximum atomic E-state index is 10.1. The van der Waals surface area contributed by atoms with Gasteiger partial charge < -0.3 is 15.2 Å². The van der Waals surface area contributed by atoms with Crippen LogP contribution >= 0.6 is 24.0 Å². The lowest BCUT2D eigenvalue weighted by Crippen LogP contribution is -2.33. The normalized spacial score (nSPS) is 13.0. The predicted octanol–water partition coefficient (Wildman–Crippen LogP) is 4.47. The lowest BCUT2D eigenvalue weighted by atomic mass is 10.1. The van der Waals surface area contributed by atoms with Gasteiger partial charge in [0, 0.05) is 17.6 Å². The zero-order chi connectivity index (χ0) is 16.8. The summed E-state index contributed by atoms with van der Waals surface area (Å²) in [5.74, 6) is 0.859. The van der Waals surface area contributed by atoms with E-state index in [0.29, 0.717) is 6.54 Å². The van der Waals surface area contributed by atoms with Gasteiger partial charge in [-0.25, -0.2) is 0 Å². The largest absolute Gasteiger partial charge is 0.490 e. The second-order valence-corrected chi connectivity index (χ2v) is 6.30. The van der Waals surface area contributed by atoms with Gasteiger partial charge in [0.15, 0.2) is 0 Å². The Balaban J connectivity index is 0.00000288. The summed E-state index contributed by atoms with van der Waals surface area (Å²) in [6.07, 6.45) is -0.566. The molecule has 0 fully saturated rings. The van der Waals surface area contributed by atoms with Gasteiger partial charge in [0.2, 0.25) is 0 Å². The molecule has 3 nitrogen and oxygen atoms in total. The van der Waals surface area contributed by atoms with Gasteiger partial charge >= 0.3 is 0 Å². The molecule has 0 bridgehead atoms. The summed E-state index contributed by atoms with van der Waals surface area (Å²) in [7, 11) is 0. The van der Waals surface area contributed by atoms with Crippen LogP contribution in [0.15, 0.2) is 42.5 Å². The number of nitrogens with one attached hydrogen (secondary N) is 1. The molecule has 0 amide bonds. The third-order valence-corrected chi connectivity index (χ3v) is 4.11. The Bertz CT molecular complexity index is 612. The van der Waals surface area contributed by atoms with Crippen molar-refractivity contribution in [1.82, 2.24) is 5.32 Å². The van der Waals surface area contributed by atoms with E-state index < -0.39 is 6.10 Å². The lowest BCUT2D eigenvalue weighted by molar-refractivity contribution is 0.103. The lowest BCUT2D eigenvalue weighted by Gasteiger charge is -2.19. The fourth-order valence-corrected chi connectivity index (χ4v) is 2.57. The molecule has 2 rings (SSSR count). The number of hydrogen-bond donors (Lipinski definition) is 2. The van der Waals surface area contributed by atoms with E-state index in [0.717, 1.165) is 27.5 Å². The maximum Gasteiger partial charge on any atom is 0.125 e. The van der Waals surface area contributed by atoms with Gasteiger partial charge in [-0.1, -0.05) is 41.9 Å². The van der Waals surface area contributed by atoms with Crippen LogP contribution in [-0.4, -0.2) is 24.4 Å². The topological polar surface area (TPSA) is 41.5 Å². The van der Waals surface area contributed by atoms with Crippen LogP contribution in [0.5, 0.6) is 5.75 Å². The number of ether oxygens (including phenoxy) is 1. The van der Waals surface area contributed by atoms with E-state index in [1.165, 1.54) is 0 Å². The van der Waals surface area contributed by atoms with Crippen molar-refractivity contribution in [2.45, 2.75) is 32.9 Å².